The molecule has 0 aromatic heterocycles. The summed E-state index contributed by atoms with van der Waals surface area (Å²) in [5, 5.41) is 3.55. The zero-order valence-corrected chi connectivity index (χ0v) is 12.4. The molecule has 1 heterocycles. The molecule has 0 spiro atoms. The first-order chi connectivity index (χ1) is 8.17. The van der Waals surface area contributed by atoms with Crippen LogP contribution in [0.25, 0.3) is 0 Å². The Kier molecular flexibility index (Phi) is 4.26. The molecule has 2 unspecified atom stereocenters. The second-order valence-corrected chi connectivity index (χ2v) is 6.29. The van der Waals surface area contributed by atoms with E-state index in [-0.39, 0.29) is 0 Å². The van der Waals surface area contributed by atoms with Gasteiger partial charge in [0.05, 0.1) is 0 Å². The summed E-state index contributed by atoms with van der Waals surface area (Å²) >= 11 is 3.71. The first-order valence-corrected chi connectivity index (χ1v) is 7.42. The minimum absolute atomic E-state index is 0.448. The van der Waals surface area contributed by atoms with Crippen LogP contribution in [0.1, 0.15) is 44.6 Å². The van der Waals surface area contributed by atoms with Gasteiger partial charge in [0.15, 0.2) is 0 Å². The number of halogens is 1. The summed E-state index contributed by atoms with van der Waals surface area (Å²) in [6, 6.07) is 8.69. The SMILES string of the molecule is CCCC1(C)CCNCC1c1ccccc1Br. The molecule has 1 aliphatic rings. The van der Waals surface area contributed by atoms with E-state index in [0.29, 0.717) is 11.3 Å². The van der Waals surface area contributed by atoms with Crippen LogP contribution < -0.4 is 5.32 Å². The van der Waals surface area contributed by atoms with Gasteiger partial charge in [-0.3, -0.25) is 0 Å². The number of hydrogen-bond acceptors (Lipinski definition) is 1. The van der Waals surface area contributed by atoms with E-state index in [1.165, 1.54) is 29.3 Å². The van der Waals surface area contributed by atoms with Gasteiger partial charge < -0.3 is 5.32 Å². The summed E-state index contributed by atoms with van der Waals surface area (Å²) < 4.78 is 1.26. The molecule has 1 aromatic carbocycles. The third-order valence-corrected chi connectivity index (χ3v) is 4.89. The maximum absolute atomic E-state index is 3.71. The monoisotopic (exact) mass is 295 g/mol. The van der Waals surface area contributed by atoms with Crippen molar-refractivity contribution < 1.29 is 0 Å². The second kappa shape index (κ2) is 5.53. The minimum Gasteiger partial charge on any atom is -0.316 e. The molecule has 17 heavy (non-hydrogen) atoms. The first kappa shape index (κ1) is 13.1. The number of benzene rings is 1. The van der Waals surface area contributed by atoms with E-state index in [0.717, 1.165) is 13.1 Å². The maximum atomic E-state index is 3.71. The van der Waals surface area contributed by atoms with E-state index in [1.807, 2.05) is 0 Å². The standard InChI is InChI=1S/C15H22BrN/c1-3-8-15(2)9-10-17-11-13(15)12-6-4-5-7-14(12)16/h4-7,13,17H,3,8-11H2,1-2H3. The predicted molar refractivity (Wildman–Crippen MR) is 77.4 cm³/mol. The van der Waals surface area contributed by atoms with Crippen molar-refractivity contribution in [2.24, 2.45) is 5.41 Å². The fourth-order valence-electron chi connectivity index (χ4n) is 3.15. The third kappa shape index (κ3) is 2.74. The fraction of sp³-hybridized carbons (Fsp3) is 0.600. The van der Waals surface area contributed by atoms with Gasteiger partial charge in [-0.25, -0.2) is 0 Å². The lowest BCUT2D eigenvalue weighted by atomic mass is 9.67. The zero-order chi connectivity index (χ0) is 12.3. The van der Waals surface area contributed by atoms with Gasteiger partial charge in [0, 0.05) is 16.9 Å². The molecule has 0 amide bonds. The molecule has 0 saturated carbocycles. The Balaban J connectivity index is 2.31. The van der Waals surface area contributed by atoms with E-state index < -0.39 is 0 Å². The van der Waals surface area contributed by atoms with Crippen LogP contribution >= 0.6 is 15.9 Å². The van der Waals surface area contributed by atoms with Gasteiger partial charge in [0.2, 0.25) is 0 Å². The Morgan fingerprint density at radius 1 is 1.41 bits per heavy atom. The zero-order valence-electron chi connectivity index (χ0n) is 10.8. The summed E-state index contributed by atoms with van der Waals surface area (Å²) in [6.07, 6.45) is 3.88. The third-order valence-electron chi connectivity index (χ3n) is 4.16. The molecule has 1 saturated heterocycles. The van der Waals surface area contributed by atoms with Gasteiger partial charge >= 0.3 is 0 Å². The molecule has 2 heteroatoms. The highest BCUT2D eigenvalue weighted by Crippen LogP contribution is 2.45. The van der Waals surface area contributed by atoms with Gasteiger partial charge in [-0.2, -0.15) is 0 Å². The lowest BCUT2D eigenvalue weighted by molar-refractivity contribution is 0.170. The normalized spacial score (nSPS) is 29.2. The van der Waals surface area contributed by atoms with Crippen molar-refractivity contribution in [1.29, 1.82) is 0 Å². The molecule has 1 aromatic rings. The van der Waals surface area contributed by atoms with E-state index in [1.54, 1.807) is 0 Å². The van der Waals surface area contributed by atoms with E-state index in [4.69, 9.17) is 0 Å². The molecular formula is C15H22BrN. The van der Waals surface area contributed by atoms with Gasteiger partial charge in [-0.05, 0) is 36.4 Å². The van der Waals surface area contributed by atoms with Crippen LogP contribution in [0.15, 0.2) is 28.7 Å². The summed E-state index contributed by atoms with van der Waals surface area (Å²) in [5.74, 6) is 0.631. The largest absolute Gasteiger partial charge is 0.316 e. The number of nitrogens with one attached hydrogen (secondary N) is 1. The molecule has 94 valence electrons. The van der Waals surface area contributed by atoms with Crippen LogP contribution in [0.2, 0.25) is 0 Å². The summed E-state index contributed by atoms with van der Waals surface area (Å²) in [4.78, 5) is 0. The molecule has 1 nitrogen and oxygen atoms in total. The Morgan fingerprint density at radius 3 is 2.88 bits per heavy atom. The highest BCUT2D eigenvalue weighted by Gasteiger charge is 2.37. The van der Waals surface area contributed by atoms with Crippen molar-refractivity contribution in [2.75, 3.05) is 13.1 Å². The van der Waals surface area contributed by atoms with E-state index in [2.05, 4.69) is 59.4 Å². The van der Waals surface area contributed by atoms with Crippen molar-refractivity contribution in [3.8, 4) is 0 Å². The molecule has 2 rings (SSSR count). The Bertz CT molecular complexity index is 373. The van der Waals surface area contributed by atoms with Gasteiger partial charge in [-0.15, -0.1) is 0 Å². The lowest BCUT2D eigenvalue weighted by Gasteiger charge is -2.42. The molecule has 0 aliphatic carbocycles. The van der Waals surface area contributed by atoms with Crippen LogP contribution in [-0.2, 0) is 0 Å². The highest BCUT2D eigenvalue weighted by atomic mass is 79.9. The van der Waals surface area contributed by atoms with Crippen molar-refractivity contribution in [2.45, 2.75) is 39.0 Å². The summed E-state index contributed by atoms with van der Waals surface area (Å²) in [7, 11) is 0. The summed E-state index contributed by atoms with van der Waals surface area (Å²) in [5.41, 5.74) is 1.92. The number of hydrogen-bond donors (Lipinski definition) is 1. The van der Waals surface area contributed by atoms with Crippen LogP contribution in [-0.4, -0.2) is 13.1 Å². The van der Waals surface area contributed by atoms with Crippen molar-refractivity contribution in [3.63, 3.8) is 0 Å². The Labute approximate surface area is 113 Å². The quantitative estimate of drug-likeness (QED) is 0.875. The van der Waals surface area contributed by atoms with Crippen LogP contribution in [0, 0.1) is 5.41 Å². The predicted octanol–water partition coefficient (Wildman–Crippen LogP) is 4.33. The topological polar surface area (TPSA) is 12.0 Å². The molecular weight excluding hydrogens is 274 g/mol. The molecule has 0 radical (unpaired) electrons. The van der Waals surface area contributed by atoms with E-state index in [9.17, 15) is 0 Å². The van der Waals surface area contributed by atoms with Crippen molar-refractivity contribution >= 4 is 15.9 Å². The summed E-state index contributed by atoms with van der Waals surface area (Å²) in [6.45, 7) is 7.03. The van der Waals surface area contributed by atoms with Gasteiger partial charge in [-0.1, -0.05) is 54.4 Å². The van der Waals surface area contributed by atoms with Gasteiger partial charge in [0.25, 0.3) is 0 Å². The molecule has 0 bridgehead atoms. The van der Waals surface area contributed by atoms with Crippen LogP contribution in [0.4, 0.5) is 0 Å². The molecule has 1 aliphatic heterocycles. The van der Waals surface area contributed by atoms with Crippen LogP contribution in [0.5, 0.6) is 0 Å². The number of rotatable bonds is 3. The van der Waals surface area contributed by atoms with Crippen molar-refractivity contribution in [3.05, 3.63) is 34.3 Å². The fourth-order valence-corrected chi connectivity index (χ4v) is 3.72. The molecule has 1 N–H and O–H groups in total. The van der Waals surface area contributed by atoms with E-state index >= 15 is 0 Å². The lowest BCUT2D eigenvalue weighted by Crippen LogP contribution is -2.42. The first-order valence-electron chi connectivity index (χ1n) is 6.62. The molecule has 1 fully saturated rings. The molecule has 2 atom stereocenters. The average Bonchev–Trinajstić information content (AvgIpc) is 2.31. The van der Waals surface area contributed by atoms with Crippen LogP contribution in [0.3, 0.4) is 0 Å². The highest BCUT2D eigenvalue weighted by molar-refractivity contribution is 9.10. The Hall–Kier alpha value is -0.340. The number of piperidine rings is 1. The Morgan fingerprint density at radius 2 is 2.18 bits per heavy atom. The second-order valence-electron chi connectivity index (χ2n) is 5.43. The van der Waals surface area contributed by atoms with Crippen molar-refractivity contribution in [1.82, 2.24) is 5.32 Å². The minimum atomic E-state index is 0.448. The average molecular weight is 296 g/mol. The van der Waals surface area contributed by atoms with Gasteiger partial charge in [0.1, 0.15) is 0 Å². The smallest absolute Gasteiger partial charge is 0.0210 e. The maximum Gasteiger partial charge on any atom is 0.0210 e.